The normalized spacial score (nSPS) is 11.6. The van der Waals surface area contributed by atoms with Crippen molar-refractivity contribution < 1.29 is 22.5 Å². The number of aryl methyl sites for hydroxylation is 1. The van der Waals surface area contributed by atoms with Crippen molar-refractivity contribution >= 4 is 21.8 Å². The summed E-state index contributed by atoms with van der Waals surface area (Å²) < 4.78 is 45.7. The second-order valence-corrected chi connectivity index (χ2v) is 6.83. The Labute approximate surface area is 166 Å². The molecule has 0 unspecified atom stereocenters. The number of hydrogen-bond donors (Lipinski definition) is 1. The Bertz CT molecular complexity index is 1010. The van der Waals surface area contributed by atoms with E-state index in [0.717, 1.165) is 28.0 Å². The van der Waals surface area contributed by atoms with Gasteiger partial charge in [-0.3, -0.25) is 9.48 Å². The highest BCUT2D eigenvalue weighted by atomic mass is 79.9. The van der Waals surface area contributed by atoms with E-state index in [4.69, 9.17) is 4.52 Å². The smallest absolute Gasteiger partial charge is 0.344 e. The van der Waals surface area contributed by atoms with E-state index >= 15 is 0 Å². The second-order valence-electron chi connectivity index (χ2n) is 6.04. The summed E-state index contributed by atoms with van der Waals surface area (Å²) in [7, 11) is 0. The van der Waals surface area contributed by atoms with Gasteiger partial charge in [-0.25, -0.2) is 0 Å². The summed E-state index contributed by atoms with van der Waals surface area (Å²) in [6.45, 7) is 3.82. The monoisotopic (exact) mass is 457 g/mol. The van der Waals surface area contributed by atoms with Gasteiger partial charge in [-0.15, -0.1) is 0 Å². The average Bonchev–Trinajstić information content (AvgIpc) is 3.20. The molecule has 0 atom stereocenters. The van der Waals surface area contributed by atoms with Crippen molar-refractivity contribution in [3.8, 4) is 0 Å². The lowest BCUT2D eigenvalue weighted by atomic mass is 10.1. The fourth-order valence-electron chi connectivity index (χ4n) is 2.49. The molecule has 28 heavy (non-hydrogen) atoms. The molecule has 0 bridgehead atoms. The number of carbonyl (C=O) groups excluding carboxylic acids is 1. The van der Waals surface area contributed by atoms with Gasteiger partial charge >= 0.3 is 18.0 Å². The topological polar surface area (TPSA) is 85.8 Å². The molecular weight excluding hydrogens is 443 g/mol. The molecule has 0 aliphatic heterocycles. The molecule has 3 rings (SSSR count). The van der Waals surface area contributed by atoms with Gasteiger partial charge in [0.15, 0.2) is 5.82 Å². The van der Waals surface area contributed by atoms with Gasteiger partial charge in [-0.1, -0.05) is 17.3 Å². The van der Waals surface area contributed by atoms with E-state index in [2.05, 4.69) is 36.5 Å². The Balaban J connectivity index is 1.64. The maximum atomic E-state index is 12.7. The number of alkyl halides is 3. The van der Waals surface area contributed by atoms with Crippen LogP contribution in [0.25, 0.3) is 0 Å². The maximum Gasteiger partial charge on any atom is 0.416 e. The molecule has 7 nitrogen and oxygen atoms in total. The fourth-order valence-corrected chi connectivity index (χ4v) is 2.77. The zero-order valence-corrected chi connectivity index (χ0v) is 16.4. The SMILES string of the molecule is Cc1nn(Cc2noc(C(=O)NCc3cccc(C(F)(F)F)c3)n2)c(C)c1Br. The van der Waals surface area contributed by atoms with Crippen LogP contribution in [-0.4, -0.2) is 25.8 Å². The molecule has 1 aromatic carbocycles. The zero-order chi connectivity index (χ0) is 20.5. The molecule has 0 saturated carbocycles. The van der Waals surface area contributed by atoms with E-state index in [1.807, 2.05) is 13.8 Å². The van der Waals surface area contributed by atoms with Gasteiger partial charge in [-0.2, -0.15) is 23.3 Å². The van der Waals surface area contributed by atoms with Crippen LogP contribution in [0.1, 0.15) is 39.0 Å². The third-order valence-corrected chi connectivity index (χ3v) is 5.10. The van der Waals surface area contributed by atoms with Gasteiger partial charge in [0, 0.05) is 6.54 Å². The van der Waals surface area contributed by atoms with E-state index < -0.39 is 17.6 Å². The predicted molar refractivity (Wildman–Crippen MR) is 95.4 cm³/mol. The predicted octanol–water partition coefficient (Wildman–Crippen LogP) is 3.64. The molecule has 11 heteroatoms. The first-order valence-electron chi connectivity index (χ1n) is 8.11. The van der Waals surface area contributed by atoms with Crippen LogP contribution in [0.15, 0.2) is 33.3 Å². The Morgan fingerprint density at radius 3 is 2.71 bits per heavy atom. The third kappa shape index (κ3) is 4.41. The summed E-state index contributed by atoms with van der Waals surface area (Å²) in [5.74, 6) is -0.699. The van der Waals surface area contributed by atoms with Crippen molar-refractivity contribution in [2.75, 3.05) is 0 Å². The van der Waals surface area contributed by atoms with Crippen molar-refractivity contribution in [2.24, 2.45) is 0 Å². The summed E-state index contributed by atoms with van der Waals surface area (Å²) >= 11 is 3.42. The summed E-state index contributed by atoms with van der Waals surface area (Å²) in [6, 6.07) is 4.70. The molecule has 2 aromatic heterocycles. The van der Waals surface area contributed by atoms with Crippen molar-refractivity contribution in [1.82, 2.24) is 25.2 Å². The molecule has 148 valence electrons. The average molecular weight is 458 g/mol. The number of nitrogens with one attached hydrogen (secondary N) is 1. The van der Waals surface area contributed by atoms with Crippen LogP contribution < -0.4 is 5.32 Å². The van der Waals surface area contributed by atoms with Crippen LogP contribution in [0, 0.1) is 13.8 Å². The highest BCUT2D eigenvalue weighted by molar-refractivity contribution is 9.10. The molecule has 3 aromatic rings. The van der Waals surface area contributed by atoms with Crippen molar-refractivity contribution in [3.63, 3.8) is 0 Å². The second kappa shape index (κ2) is 7.74. The lowest BCUT2D eigenvalue weighted by Crippen LogP contribution is -2.23. The maximum absolute atomic E-state index is 12.7. The lowest BCUT2D eigenvalue weighted by Gasteiger charge is -2.08. The summed E-state index contributed by atoms with van der Waals surface area (Å²) in [5.41, 5.74) is 1.20. The summed E-state index contributed by atoms with van der Waals surface area (Å²) in [6.07, 6.45) is -4.45. The fraction of sp³-hybridized carbons (Fsp3) is 0.294. The minimum atomic E-state index is -4.45. The number of hydrogen-bond acceptors (Lipinski definition) is 5. The number of carbonyl (C=O) groups is 1. The number of benzene rings is 1. The molecule has 1 N–H and O–H groups in total. The molecule has 0 aliphatic carbocycles. The first kappa shape index (κ1) is 20.1. The number of rotatable bonds is 5. The summed E-state index contributed by atoms with van der Waals surface area (Å²) in [4.78, 5) is 16.1. The minimum Gasteiger partial charge on any atom is -0.344 e. The molecule has 1 amide bonds. The summed E-state index contributed by atoms with van der Waals surface area (Å²) in [5, 5.41) is 10.5. The molecule has 0 saturated heterocycles. The lowest BCUT2D eigenvalue weighted by molar-refractivity contribution is -0.137. The Hall–Kier alpha value is -2.69. The van der Waals surface area contributed by atoms with E-state index in [0.29, 0.717) is 5.56 Å². The quantitative estimate of drug-likeness (QED) is 0.631. The van der Waals surface area contributed by atoms with Gasteiger partial charge in [0.05, 0.1) is 21.4 Å². The number of halogens is 4. The van der Waals surface area contributed by atoms with Crippen LogP contribution >= 0.6 is 15.9 Å². The molecule has 2 heterocycles. The molecular formula is C17H15BrF3N5O2. The van der Waals surface area contributed by atoms with Gasteiger partial charge in [0.25, 0.3) is 0 Å². The number of aromatic nitrogens is 4. The first-order valence-corrected chi connectivity index (χ1v) is 8.91. The van der Waals surface area contributed by atoms with E-state index in [1.165, 1.54) is 12.1 Å². The van der Waals surface area contributed by atoms with E-state index in [-0.39, 0.29) is 24.8 Å². The first-order chi connectivity index (χ1) is 13.1. The molecule has 0 spiro atoms. The largest absolute Gasteiger partial charge is 0.416 e. The third-order valence-electron chi connectivity index (χ3n) is 3.95. The zero-order valence-electron chi connectivity index (χ0n) is 14.8. The van der Waals surface area contributed by atoms with Crippen molar-refractivity contribution in [2.45, 2.75) is 33.1 Å². The van der Waals surface area contributed by atoms with Gasteiger partial charge in [0.1, 0.15) is 6.54 Å². The van der Waals surface area contributed by atoms with Crippen molar-refractivity contribution in [1.29, 1.82) is 0 Å². The van der Waals surface area contributed by atoms with Gasteiger partial charge < -0.3 is 9.84 Å². The Kier molecular flexibility index (Phi) is 5.54. The molecule has 0 fully saturated rings. The van der Waals surface area contributed by atoms with Crippen LogP contribution in [0.4, 0.5) is 13.2 Å². The Morgan fingerprint density at radius 2 is 2.07 bits per heavy atom. The van der Waals surface area contributed by atoms with Gasteiger partial charge in [-0.05, 0) is 47.5 Å². The van der Waals surface area contributed by atoms with Crippen LogP contribution in [0.2, 0.25) is 0 Å². The van der Waals surface area contributed by atoms with Crippen molar-refractivity contribution in [3.05, 3.63) is 63.0 Å². The highest BCUT2D eigenvalue weighted by Crippen LogP contribution is 2.29. The highest BCUT2D eigenvalue weighted by Gasteiger charge is 2.30. The number of amides is 1. The van der Waals surface area contributed by atoms with E-state index in [9.17, 15) is 18.0 Å². The van der Waals surface area contributed by atoms with Crippen LogP contribution in [0.3, 0.4) is 0 Å². The van der Waals surface area contributed by atoms with Crippen LogP contribution in [0.5, 0.6) is 0 Å². The Morgan fingerprint density at radius 1 is 1.32 bits per heavy atom. The van der Waals surface area contributed by atoms with E-state index in [1.54, 1.807) is 4.68 Å². The minimum absolute atomic E-state index is 0.106. The number of nitrogens with zero attached hydrogens (tertiary/aromatic N) is 4. The molecule has 0 radical (unpaired) electrons. The molecule has 0 aliphatic rings. The van der Waals surface area contributed by atoms with Gasteiger partial charge in [0.2, 0.25) is 0 Å². The van der Waals surface area contributed by atoms with Crippen LogP contribution in [-0.2, 0) is 19.3 Å². The standard InChI is InChI=1S/C17H15BrF3N5O2/c1-9-14(18)10(2)26(24-9)8-13-23-16(28-25-13)15(27)22-7-11-4-3-5-12(6-11)17(19,20)21/h3-6H,7-8H2,1-2H3,(H,22,27).